The van der Waals surface area contributed by atoms with Crippen LogP contribution in [0.1, 0.15) is 26.3 Å². The van der Waals surface area contributed by atoms with Crippen LogP contribution in [0.5, 0.6) is 0 Å². The third-order valence-corrected chi connectivity index (χ3v) is 4.09. The number of amides is 3. The largest absolute Gasteiger partial charge is 0.394 e. The Morgan fingerprint density at radius 3 is 2.08 bits per heavy atom. The van der Waals surface area contributed by atoms with E-state index in [1.165, 1.54) is 0 Å². The molecule has 3 rings (SSSR count). The van der Waals surface area contributed by atoms with E-state index >= 15 is 0 Å². The number of fused-ring (bicyclic) bond motifs is 1. The summed E-state index contributed by atoms with van der Waals surface area (Å²) in [5, 5.41) is 12.2. The van der Waals surface area contributed by atoms with Crippen LogP contribution in [0.2, 0.25) is 0 Å². The molecule has 128 valence electrons. The summed E-state index contributed by atoms with van der Waals surface area (Å²) >= 11 is 0. The number of aliphatic hydroxyl groups is 1. The number of imide groups is 1. The van der Waals surface area contributed by atoms with E-state index in [2.05, 4.69) is 5.32 Å². The molecule has 2 aromatic carbocycles. The lowest BCUT2D eigenvalue weighted by molar-refractivity contribution is -0.122. The molecule has 2 N–H and O–H groups in total. The molecule has 0 saturated carbocycles. The predicted molar refractivity (Wildman–Crippen MR) is 91.0 cm³/mol. The van der Waals surface area contributed by atoms with Crippen molar-refractivity contribution >= 4 is 17.7 Å². The lowest BCUT2D eigenvalue weighted by Gasteiger charge is -2.19. The molecular formula is C19H18N2O4. The first-order valence-corrected chi connectivity index (χ1v) is 7.99. The summed E-state index contributed by atoms with van der Waals surface area (Å²) in [6, 6.07) is 15.5. The number of rotatable bonds is 6. The van der Waals surface area contributed by atoms with Crippen LogP contribution in [0.4, 0.5) is 0 Å². The maximum atomic E-state index is 12.3. The minimum absolute atomic E-state index is 0.233. The number of aliphatic hydroxyl groups excluding tert-OH is 1. The van der Waals surface area contributed by atoms with Gasteiger partial charge in [0.25, 0.3) is 11.8 Å². The monoisotopic (exact) mass is 338 g/mol. The van der Waals surface area contributed by atoms with Gasteiger partial charge < -0.3 is 10.4 Å². The molecule has 6 heteroatoms. The van der Waals surface area contributed by atoms with Crippen molar-refractivity contribution in [3.8, 4) is 0 Å². The predicted octanol–water partition coefficient (Wildman–Crippen LogP) is 1.00. The van der Waals surface area contributed by atoms with Crippen LogP contribution >= 0.6 is 0 Å². The van der Waals surface area contributed by atoms with Gasteiger partial charge >= 0.3 is 0 Å². The topological polar surface area (TPSA) is 86.7 Å². The number of hydrogen-bond donors (Lipinski definition) is 2. The number of carbonyl (C=O) groups excluding carboxylic acids is 3. The third-order valence-electron chi connectivity index (χ3n) is 4.09. The van der Waals surface area contributed by atoms with Crippen LogP contribution in [0.15, 0.2) is 54.6 Å². The average Bonchev–Trinajstić information content (AvgIpc) is 2.87. The Hall–Kier alpha value is -2.99. The number of benzene rings is 2. The van der Waals surface area contributed by atoms with E-state index in [-0.39, 0.29) is 13.2 Å². The second kappa shape index (κ2) is 7.27. The molecule has 0 aliphatic carbocycles. The Balaban J connectivity index is 1.63. The summed E-state index contributed by atoms with van der Waals surface area (Å²) < 4.78 is 0. The molecule has 0 radical (unpaired) electrons. The molecule has 1 atom stereocenters. The van der Waals surface area contributed by atoms with Gasteiger partial charge in [0, 0.05) is 0 Å². The van der Waals surface area contributed by atoms with Gasteiger partial charge in [0.05, 0.1) is 23.8 Å². The van der Waals surface area contributed by atoms with Crippen molar-refractivity contribution in [3.63, 3.8) is 0 Å². The van der Waals surface area contributed by atoms with Crippen LogP contribution in [-0.4, -0.2) is 46.9 Å². The highest BCUT2D eigenvalue weighted by molar-refractivity contribution is 6.22. The summed E-state index contributed by atoms with van der Waals surface area (Å²) in [6.45, 7) is -0.597. The molecular weight excluding hydrogens is 320 g/mol. The number of carbonyl (C=O) groups is 3. The van der Waals surface area contributed by atoms with Gasteiger partial charge in [-0.2, -0.15) is 0 Å². The standard InChI is InChI=1S/C19H18N2O4/c22-12-14(10-13-6-2-1-3-7-13)20-17(23)11-21-18(24)15-8-4-5-9-16(15)19(21)25/h1-9,14,22H,10-12H2,(H,20,23). The van der Waals surface area contributed by atoms with Crippen molar-refractivity contribution in [1.82, 2.24) is 10.2 Å². The van der Waals surface area contributed by atoms with E-state index in [1.807, 2.05) is 30.3 Å². The van der Waals surface area contributed by atoms with E-state index in [0.29, 0.717) is 17.5 Å². The van der Waals surface area contributed by atoms with E-state index in [1.54, 1.807) is 24.3 Å². The summed E-state index contributed by atoms with van der Waals surface area (Å²) in [5.41, 5.74) is 1.59. The third kappa shape index (κ3) is 3.59. The van der Waals surface area contributed by atoms with Gasteiger partial charge in [0.1, 0.15) is 6.54 Å². The zero-order valence-corrected chi connectivity index (χ0v) is 13.5. The van der Waals surface area contributed by atoms with Gasteiger partial charge in [-0.1, -0.05) is 42.5 Å². The Labute approximate surface area is 145 Å². The second-order valence-electron chi connectivity index (χ2n) is 5.88. The summed E-state index contributed by atoms with van der Waals surface area (Å²) in [4.78, 5) is 37.7. The molecule has 0 fully saturated rings. The smallest absolute Gasteiger partial charge is 0.262 e. The zero-order chi connectivity index (χ0) is 17.8. The van der Waals surface area contributed by atoms with Crippen LogP contribution in [0.25, 0.3) is 0 Å². The summed E-state index contributed by atoms with van der Waals surface area (Å²) in [5.74, 6) is -1.43. The van der Waals surface area contributed by atoms with Gasteiger partial charge in [-0.3, -0.25) is 19.3 Å². The van der Waals surface area contributed by atoms with Gasteiger partial charge in [-0.25, -0.2) is 0 Å². The fourth-order valence-electron chi connectivity index (χ4n) is 2.86. The maximum absolute atomic E-state index is 12.3. The van der Waals surface area contributed by atoms with Crippen molar-refractivity contribution < 1.29 is 19.5 Å². The Morgan fingerprint density at radius 1 is 0.960 bits per heavy atom. The molecule has 6 nitrogen and oxygen atoms in total. The molecule has 1 heterocycles. The fourth-order valence-corrected chi connectivity index (χ4v) is 2.86. The quantitative estimate of drug-likeness (QED) is 0.770. The highest BCUT2D eigenvalue weighted by Crippen LogP contribution is 2.21. The Kier molecular flexibility index (Phi) is 4.90. The van der Waals surface area contributed by atoms with Gasteiger partial charge in [-0.05, 0) is 24.1 Å². The minimum atomic E-state index is -0.482. The first kappa shape index (κ1) is 16.9. The number of nitrogens with zero attached hydrogens (tertiary/aromatic N) is 1. The molecule has 0 aromatic heterocycles. The first-order chi connectivity index (χ1) is 12.1. The van der Waals surface area contributed by atoms with Crippen molar-refractivity contribution in [1.29, 1.82) is 0 Å². The summed E-state index contributed by atoms with van der Waals surface area (Å²) in [6.07, 6.45) is 0.463. The normalized spacial score (nSPS) is 14.4. The van der Waals surface area contributed by atoms with Crippen LogP contribution < -0.4 is 5.32 Å². The van der Waals surface area contributed by atoms with Gasteiger partial charge in [0.15, 0.2) is 0 Å². The lowest BCUT2D eigenvalue weighted by Crippen LogP contribution is -2.46. The van der Waals surface area contributed by atoms with E-state index in [4.69, 9.17) is 0 Å². The van der Waals surface area contributed by atoms with Crippen molar-refractivity contribution in [3.05, 3.63) is 71.3 Å². The highest BCUT2D eigenvalue weighted by Gasteiger charge is 2.36. The van der Waals surface area contributed by atoms with Crippen LogP contribution in [0, 0.1) is 0 Å². The second-order valence-corrected chi connectivity index (χ2v) is 5.88. The van der Waals surface area contributed by atoms with Gasteiger partial charge in [-0.15, -0.1) is 0 Å². The van der Waals surface area contributed by atoms with E-state index < -0.39 is 23.8 Å². The molecule has 0 spiro atoms. The van der Waals surface area contributed by atoms with Crippen LogP contribution in [-0.2, 0) is 11.2 Å². The fraction of sp³-hybridized carbons (Fsp3) is 0.211. The summed E-state index contributed by atoms with van der Waals surface area (Å²) in [7, 11) is 0. The van der Waals surface area contributed by atoms with Crippen molar-refractivity contribution in [2.24, 2.45) is 0 Å². The zero-order valence-electron chi connectivity index (χ0n) is 13.5. The minimum Gasteiger partial charge on any atom is -0.394 e. The Morgan fingerprint density at radius 2 is 1.52 bits per heavy atom. The van der Waals surface area contributed by atoms with E-state index in [9.17, 15) is 19.5 Å². The molecule has 25 heavy (non-hydrogen) atoms. The Bertz CT molecular complexity index is 769. The molecule has 0 bridgehead atoms. The average molecular weight is 338 g/mol. The first-order valence-electron chi connectivity index (χ1n) is 7.99. The SMILES string of the molecule is O=C(CN1C(=O)c2ccccc2C1=O)NC(CO)Cc1ccccc1. The van der Waals surface area contributed by atoms with Crippen molar-refractivity contribution in [2.45, 2.75) is 12.5 Å². The molecule has 2 aromatic rings. The lowest BCUT2D eigenvalue weighted by atomic mass is 10.1. The molecule has 1 aliphatic heterocycles. The van der Waals surface area contributed by atoms with Gasteiger partial charge in [0.2, 0.25) is 5.91 Å². The molecule has 1 unspecified atom stereocenters. The van der Waals surface area contributed by atoms with Crippen LogP contribution in [0.3, 0.4) is 0 Å². The number of hydrogen-bond acceptors (Lipinski definition) is 4. The van der Waals surface area contributed by atoms with Crippen molar-refractivity contribution in [2.75, 3.05) is 13.2 Å². The highest BCUT2D eigenvalue weighted by atomic mass is 16.3. The van der Waals surface area contributed by atoms with E-state index in [0.717, 1.165) is 10.5 Å². The maximum Gasteiger partial charge on any atom is 0.262 e. The molecule has 1 aliphatic rings. The number of nitrogens with one attached hydrogen (secondary N) is 1. The molecule has 3 amide bonds. The molecule has 0 saturated heterocycles.